The van der Waals surface area contributed by atoms with Gasteiger partial charge in [-0.2, -0.15) is 13.4 Å². The highest BCUT2D eigenvalue weighted by Crippen LogP contribution is 2.43. The van der Waals surface area contributed by atoms with Crippen molar-refractivity contribution in [2.75, 3.05) is 37.6 Å². The second-order valence-corrected chi connectivity index (χ2v) is 17.4. The highest BCUT2D eigenvalue weighted by atomic mass is 35.5. The van der Waals surface area contributed by atoms with E-state index in [4.69, 9.17) is 16.3 Å². The summed E-state index contributed by atoms with van der Waals surface area (Å²) in [6.07, 6.45) is 4.87. The van der Waals surface area contributed by atoms with E-state index in [-0.39, 0.29) is 28.3 Å². The van der Waals surface area contributed by atoms with Gasteiger partial charge in [-0.25, -0.2) is 18.6 Å². The molecule has 4 heterocycles. The molecule has 56 heavy (non-hydrogen) atoms. The number of aryl methyl sites for hydroxylation is 2. The van der Waals surface area contributed by atoms with Gasteiger partial charge in [-0.05, 0) is 92.1 Å². The van der Waals surface area contributed by atoms with Crippen LogP contribution < -0.4 is 14.4 Å². The number of fused-ring (bicyclic) bond motifs is 2. The minimum Gasteiger partial charge on any atom is -0.453 e. The fourth-order valence-electron chi connectivity index (χ4n) is 7.61. The molecule has 0 atom stereocenters. The Morgan fingerprint density at radius 1 is 0.982 bits per heavy atom. The Morgan fingerprint density at radius 2 is 1.75 bits per heavy atom. The van der Waals surface area contributed by atoms with E-state index in [1.807, 2.05) is 12.1 Å². The van der Waals surface area contributed by atoms with Gasteiger partial charge >= 0.3 is 10.0 Å². The lowest BCUT2D eigenvalue weighted by Crippen LogP contribution is -2.47. The van der Waals surface area contributed by atoms with E-state index in [1.54, 1.807) is 44.3 Å². The van der Waals surface area contributed by atoms with E-state index >= 15 is 4.39 Å². The smallest absolute Gasteiger partial charge is 0.301 e. The van der Waals surface area contributed by atoms with Gasteiger partial charge in [0.1, 0.15) is 5.75 Å². The molecule has 1 saturated heterocycles. The highest BCUT2D eigenvalue weighted by molar-refractivity contribution is 7.89. The number of benzene rings is 3. The molecule has 0 bridgehead atoms. The molecule has 2 N–H and O–H groups in total. The van der Waals surface area contributed by atoms with Crippen molar-refractivity contribution in [3.8, 4) is 11.5 Å². The molecular formula is C41H42ClFN8O4S. The number of halogens is 2. The molecule has 3 aromatic heterocycles. The first-order valence-electron chi connectivity index (χ1n) is 18.5. The van der Waals surface area contributed by atoms with Crippen molar-refractivity contribution in [1.29, 1.82) is 0 Å². The number of hydrogen-bond acceptors (Lipinski definition) is 9. The van der Waals surface area contributed by atoms with Crippen LogP contribution in [0.5, 0.6) is 11.5 Å². The summed E-state index contributed by atoms with van der Waals surface area (Å²) in [4.78, 5) is 29.7. The molecule has 290 valence electrons. The van der Waals surface area contributed by atoms with Gasteiger partial charge in [0.2, 0.25) is 0 Å². The largest absolute Gasteiger partial charge is 0.453 e. The fourth-order valence-corrected chi connectivity index (χ4v) is 8.57. The molecule has 15 heteroatoms. The number of amides is 1. The third kappa shape index (κ3) is 7.73. The van der Waals surface area contributed by atoms with Gasteiger partial charge in [-0.3, -0.25) is 9.69 Å². The van der Waals surface area contributed by atoms with E-state index in [2.05, 4.69) is 60.6 Å². The fraction of sp³-hybridized carbons (Fsp3) is 0.317. The van der Waals surface area contributed by atoms with Crippen LogP contribution >= 0.6 is 11.6 Å². The van der Waals surface area contributed by atoms with Crippen molar-refractivity contribution in [3.63, 3.8) is 0 Å². The number of rotatable bonds is 9. The topological polar surface area (TPSA) is 138 Å². The number of ether oxygens (including phenoxy) is 1. The van der Waals surface area contributed by atoms with Crippen LogP contribution in [-0.4, -0.2) is 76.5 Å². The van der Waals surface area contributed by atoms with Crippen molar-refractivity contribution in [3.05, 3.63) is 112 Å². The molecule has 1 aliphatic carbocycles. The zero-order valence-corrected chi connectivity index (χ0v) is 33.1. The molecule has 0 spiro atoms. The Balaban J connectivity index is 1.04. The van der Waals surface area contributed by atoms with Gasteiger partial charge in [0.05, 0.1) is 5.56 Å². The maximum atomic E-state index is 15.4. The average Bonchev–Trinajstić information content (AvgIpc) is 3.80. The monoisotopic (exact) mass is 796 g/mol. The number of aromatic amines is 1. The lowest BCUT2D eigenvalue weighted by atomic mass is 9.72. The summed E-state index contributed by atoms with van der Waals surface area (Å²) in [5.74, 6) is -1.68. The first kappa shape index (κ1) is 37.6. The Bertz CT molecular complexity index is 2630. The number of carbonyl (C=O) groups is 1. The van der Waals surface area contributed by atoms with Crippen molar-refractivity contribution < 1.29 is 22.3 Å². The molecule has 1 fully saturated rings. The van der Waals surface area contributed by atoms with E-state index < -0.39 is 26.9 Å². The van der Waals surface area contributed by atoms with Crippen molar-refractivity contribution in [1.82, 2.24) is 34.2 Å². The molecule has 3 aromatic carbocycles. The SMILES string of the molecule is Cc1cc(C)n2nc(S(=O)(=O)NC(=O)c3ccc(N4CCN(CC5=C(c6ccc(Cl)cc6)CC(C)(C)CC5)CC4)cc3Oc3cc4cc[nH]c4cc3F)nc2n1. The minimum atomic E-state index is -4.54. The van der Waals surface area contributed by atoms with Gasteiger partial charge in [0.25, 0.3) is 16.8 Å². The zero-order valence-electron chi connectivity index (χ0n) is 31.6. The molecule has 12 nitrogen and oxygen atoms in total. The normalized spacial score (nSPS) is 16.5. The maximum absolute atomic E-state index is 15.4. The predicted molar refractivity (Wildman–Crippen MR) is 214 cm³/mol. The Morgan fingerprint density at radius 3 is 2.52 bits per heavy atom. The number of nitrogens with one attached hydrogen (secondary N) is 2. The number of carbonyl (C=O) groups excluding carboxylic acids is 1. The lowest BCUT2D eigenvalue weighted by molar-refractivity contribution is 0.0979. The third-order valence-corrected chi connectivity index (χ3v) is 12.0. The molecule has 2 aliphatic rings. The molecule has 1 aliphatic heterocycles. The van der Waals surface area contributed by atoms with Gasteiger partial charge in [-0.15, -0.1) is 5.10 Å². The highest BCUT2D eigenvalue weighted by Gasteiger charge is 2.31. The van der Waals surface area contributed by atoms with Crippen LogP contribution in [0.15, 0.2) is 83.7 Å². The van der Waals surface area contributed by atoms with E-state index in [0.717, 1.165) is 49.6 Å². The Labute approximate surface area is 329 Å². The second-order valence-electron chi connectivity index (χ2n) is 15.4. The standard InChI is InChI=1S/C41H42ClFN8O4S/c1-25-19-26(2)51-39(45-25)46-40(47-51)56(53,54)48-38(52)32-10-9-31(21-36(32)55-37-20-28-12-14-44-35(28)22-34(37)43)50-17-15-49(16-18-50)24-29-11-13-41(3,4)23-33(29)27-5-7-30(42)8-6-27/h5-10,12,14,19-22,44H,11,13,15-18,23-24H2,1-4H3,(H,48,52). The number of aromatic nitrogens is 5. The van der Waals surface area contributed by atoms with Gasteiger partial charge in [0.15, 0.2) is 11.6 Å². The first-order chi connectivity index (χ1) is 26.7. The van der Waals surface area contributed by atoms with Gasteiger partial charge in [0, 0.05) is 84.1 Å². The number of nitrogens with zero attached hydrogens (tertiary/aromatic N) is 6. The van der Waals surface area contributed by atoms with Crippen molar-refractivity contribution in [2.45, 2.75) is 52.1 Å². The van der Waals surface area contributed by atoms with Crippen LogP contribution in [-0.2, 0) is 10.0 Å². The summed E-state index contributed by atoms with van der Waals surface area (Å²) < 4.78 is 51.7. The van der Waals surface area contributed by atoms with Crippen LogP contribution in [0.3, 0.4) is 0 Å². The summed E-state index contributed by atoms with van der Waals surface area (Å²) >= 11 is 6.22. The molecule has 0 unspecified atom stereocenters. The molecule has 0 radical (unpaired) electrons. The second kappa shape index (κ2) is 14.6. The molecular weight excluding hydrogens is 755 g/mol. The van der Waals surface area contributed by atoms with Gasteiger partial charge in [-0.1, -0.05) is 43.2 Å². The minimum absolute atomic E-state index is 0.00917. The number of piperazine rings is 1. The average molecular weight is 797 g/mol. The van der Waals surface area contributed by atoms with E-state index in [9.17, 15) is 13.2 Å². The Hall–Kier alpha value is -5.31. The number of sulfonamides is 1. The number of allylic oxidation sites excluding steroid dienone is 1. The van der Waals surface area contributed by atoms with E-state index in [1.165, 1.54) is 39.4 Å². The number of anilines is 1. The van der Waals surface area contributed by atoms with Crippen LogP contribution in [0, 0.1) is 25.1 Å². The molecule has 8 rings (SSSR count). The quantitative estimate of drug-likeness (QED) is 0.151. The number of hydrogen-bond donors (Lipinski definition) is 2. The first-order valence-corrected chi connectivity index (χ1v) is 20.4. The van der Waals surface area contributed by atoms with Crippen molar-refractivity contribution >= 4 is 55.5 Å². The Kier molecular flexibility index (Phi) is 9.83. The van der Waals surface area contributed by atoms with Crippen LogP contribution in [0.2, 0.25) is 5.02 Å². The summed E-state index contributed by atoms with van der Waals surface area (Å²) in [5.41, 5.74) is 6.80. The molecule has 6 aromatic rings. The summed E-state index contributed by atoms with van der Waals surface area (Å²) in [7, 11) is -4.54. The summed E-state index contributed by atoms with van der Waals surface area (Å²) in [5, 5.41) is 4.90. The molecule has 1 amide bonds. The van der Waals surface area contributed by atoms with Gasteiger partial charge < -0.3 is 14.6 Å². The third-order valence-electron chi connectivity index (χ3n) is 10.6. The van der Waals surface area contributed by atoms with Crippen LogP contribution in [0.4, 0.5) is 10.1 Å². The van der Waals surface area contributed by atoms with Crippen molar-refractivity contribution in [2.24, 2.45) is 5.41 Å². The van der Waals surface area contributed by atoms with Crippen LogP contribution in [0.25, 0.3) is 22.3 Å². The number of H-pyrrole nitrogens is 1. The zero-order chi connectivity index (χ0) is 39.4. The van der Waals surface area contributed by atoms with E-state index in [0.29, 0.717) is 35.4 Å². The maximum Gasteiger partial charge on any atom is 0.301 e. The summed E-state index contributed by atoms with van der Waals surface area (Å²) in [6.45, 7) is 12.0. The van der Waals surface area contributed by atoms with Crippen LogP contribution in [0.1, 0.15) is 60.4 Å². The summed E-state index contributed by atoms with van der Waals surface area (Å²) in [6, 6.07) is 19.4. The lowest BCUT2D eigenvalue weighted by Gasteiger charge is -2.39. The predicted octanol–water partition coefficient (Wildman–Crippen LogP) is 7.71. The molecule has 0 saturated carbocycles.